The second kappa shape index (κ2) is 4.34. The van der Waals surface area contributed by atoms with Crippen LogP contribution in [0.1, 0.15) is 29.8 Å². The van der Waals surface area contributed by atoms with Gasteiger partial charge < -0.3 is 14.2 Å². The lowest BCUT2D eigenvalue weighted by molar-refractivity contribution is 0.0556. The van der Waals surface area contributed by atoms with Gasteiger partial charge in [0, 0.05) is 29.9 Å². The Labute approximate surface area is 128 Å². The van der Waals surface area contributed by atoms with Gasteiger partial charge in [-0.3, -0.25) is 0 Å². The number of hydrogen-bond donors (Lipinski definition) is 1. The third-order valence-corrected chi connectivity index (χ3v) is 5.20. The first-order valence-electron chi connectivity index (χ1n) is 7.79. The van der Waals surface area contributed by atoms with E-state index in [2.05, 4.69) is 44.6 Å². The van der Waals surface area contributed by atoms with Crippen LogP contribution < -0.4 is 0 Å². The van der Waals surface area contributed by atoms with Gasteiger partial charge in [-0.25, -0.2) is 4.98 Å². The van der Waals surface area contributed by atoms with Crippen molar-refractivity contribution < 1.29 is 5.11 Å². The Morgan fingerprint density at radius 3 is 3.00 bits per heavy atom. The Morgan fingerprint density at radius 1 is 1.14 bits per heavy atom. The number of rotatable bonds is 1. The van der Waals surface area contributed by atoms with E-state index in [1.54, 1.807) is 0 Å². The molecule has 0 saturated carbocycles. The van der Waals surface area contributed by atoms with Crippen LogP contribution in [-0.4, -0.2) is 19.2 Å². The minimum Gasteiger partial charge on any atom is -0.386 e. The van der Waals surface area contributed by atoms with Crippen LogP contribution in [0.2, 0.25) is 0 Å². The summed E-state index contributed by atoms with van der Waals surface area (Å²) < 4.78 is 4.40. The molecule has 0 unspecified atom stereocenters. The molecule has 0 radical (unpaired) electrons. The van der Waals surface area contributed by atoms with Crippen LogP contribution in [0.4, 0.5) is 0 Å². The number of nitrogens with zero attached hydrogens (tertiary/aromatic N) is 3. The van der Waals surface area contributed by atoms with Crippen molar-refractivity contribution in [3.05, 3.63) is 66.4 Å². The molecule has 3 aromatic rings. The van der Waals surface area contributed by atoms with Crippen molar-refractivity contribution in [2.45, 2.75) is 25.1 Å². The Balaban J connectivity index is 1.65. The molecule has 0 aliphatic carbocycles. The molecule has 4 heteroatoms. The predicted octanol–water partition coefficient (Wildman–Crippen LogP) is 3.01. The number of aryl methyl sites for hydroxylation is 1. The van der Waals surface area contributed by atoms with E-state index in [1.165, 1.54) is 11.1 Å². The number of aliphatic hydroxyl groups excluding tert-OH is 1. The van der Waals surface area contributed by atoms with Crippen LogP contribution in [0.5, 0.6) is 0 Å². The van der Waals surface area contributed by atoms with Crippen molar-refractivity contribution in [1.82, 2.24) is 14.1 Å². The molecule has 2 aliphatic rings. The summed E-state index contributed by atoms with van der Waals surface area (Å²) in [6.07, 6.45) is 6.42. The van der Waals surface area contributed by atoms with Crippen LogP contribution >= 0.6 is 0 Å². The summed E-state index contributed by atoms with van der Waals surface area (Å²) in [5.74, 6) is 0.180. The molecule has 4 nitrogen and oxygen atoms in total. The maximum atomic E-state index is 10.9. The lowest BCUT2D eigenvalue weighted by atomic mass is 9.83. The van der Waals surface area contributed by atoms with Gasteiger partial charge in [0.15, 0.2) is 0 Å². The smallest absolute Gasteiger partial charge is 0.0991 e. The van der Waals surface area contributed by atoms with Gasteiger partial charge in [-0.05, 0) is 24.1 Å². The van der Waals surface area contributed by atoms with Gasteiger partial charge in [-0.2, -0.15) is 0 Å². The van der Waals surface area contributed by atoms with E-state index >= 15 is 0 Å². The second-order valence-electron chi connectivity index (χ2n) is 6.24. The lowest BCUT2D eigenvalue weighted by Gasteiger charge is -2.35. The van der Waals surface area contributed by atoms with Crippen molar-refractivity contribution in [2.75, 3.05) is 0 Å². The van der Waals surface area contributed by atoms with E-state index in [-0.39, 0.29) is 12.0 Å². The third-order valence-electron chi connectivity index (χ3n) is 5.20. The fourth-order valence-electron chi connectivity index (χ4n) is 4.21. The van der Waals surface area contributed by atoms with Crippen molar-refractivity contribution >= 4 is 0 Å². The van der Waals surface area contributed by atoms with Gasteiger partial charge in [0.05, 0.1) is 30.4 Å². The maximum absolute atomic E-state index is 10.9. The van der Waals surface area contributed by atoms with Gasteiger partial charge in [0.25, 0.3) is 0 Å². The van der Waals surface area contributed by atoms with E-state index in [1.807, 2.05) is 24.7 Å². The highest BCUT2D eigenvalue weighted by Crippen LogP contribution is 2.48. The predicted molar refractivity (Wildman–Crippen MR) is 83.3 cm³/mol. The summed E-state index contributed by atoms with van der Waals surface area (Å²) >= 11 is 0. The molecule has 110 valence electrons. The van der Waals surface area contributed by atoms with Gasteiger partial charge in [0.2, 0.25) is 0 Å². The van der Waals surface area contributed by atoms with Gasteiger partial charge >= 0.3 is 0 Å². The summed E-state index contributed by atoms with van der Waals surface area (Å²) in [5.41, 5.74) is 4.75. The highest BCUT2D eigenvalue weighted by molar-refractivity contribution is 5.69. The highest BCUT2D eigenvalue weighted by Gasteiger charge is 2.40. The van der Waals surface area contributed by atoms with Gasteiger partial charge in [0.1, 0.15) is 0 Å². The molecule has 5 rings (SSSR count). The molecule has 4 heterocycles. The summed E-state index contributed by atoms with van der Waals surface area (Å²) in [7, 11) is 0. The van der Waals surface area contributed by atoms with E-state index < -0.39 is 6.10 Å². The van der Waals surface area contributed by atoms with Crippen molar-refractivity contribution in [2.24, 2.45) is 5.92 Å². The molecular formula is C18H17N3O. The van der Waals surface area contributed by atoms with Crippen LogP contribution in [0.15, 0.2) is 55.1 Å². The van der Waals surface area contributed by atoms with Gasteiger partial charge in [-0.15, -0.1) is 0 Å². The fraction of sp³-hybridized carbons (Fsp3) is 0.278. The third kappa shape index (κ3) is 1.48. The second-order valence-corrected chi connectivity index (χ2v) is 6.24. The van der Waals surface area contributed by atoms with E-state index in [4.69, 9.17) is 0 Å². The molecular weight excluding hydrogens is 274 g/mol. The summed E-state index contributed by atoms with van der Waals surface area (Å²) in [4.78, 5) is 4.32. The van der Waals surface area contributed by atoms with Crippen LogP contribution in [0.3, 0.4) is 0 Å². The quantitative estimate of drug-likeness (QED) is 0.749. The molecule has 2 aliphatic heterocycles. The molecule has 0 fully saturated rings. The number of hydrogen-bond acceptors (Lipinski definition) is 2. The Bertz CT molecular complexity index is 847. The van der Waals surface area contributed by atoms with Crippen LogP contribution in [0, 0.1) is 5.92 Å². The first-order valence-corrected chi connectivity index (χ1v) is 7.79. The zero-order valence-corrected chi connectivity index (χ0v) is 12.1. The van der Waals surface area contributed by atoms with Gasteiger partial charge in [-0.1, -0.05) is 24.3 Å². The largest absolute Gasteiger partial charge is 0.386 e. The number of aromatic nitrogens is 3. The Kier molecular flexibility index (Phi) is 2.41. The normalized spacial score (nSPS) is 25.6. The SMILES string of the molecule is O[C@@H]1c2cccn2CC[C@H]1[C@@H]1c2ccccc2-c2cncn21. The molecule has 0 bridgehead atoms. The Morgan fingerprint density at radius 2 is 2.05 bits per heavy atom. The van der Waals surface area contributed by atoms with Crippen LogP contribution in [-0.2, 0) is 6.54 Å². The molecule has 2 aromatic heterocycles. The summed E-state index contributed by atoms with van der Waals surface area (Å²) in [5, 5.41) is 10.9. The molecule has 0 spiro atoms. The Hall–Kier alpha value is -2.33. The molecule has 3 atom stereocenters. The molecule has 0 saturated heterocycles. The molecule has 22 heavy (non-hydrogen) atoms. The van der Waals surface area contributed by atoms with Crippen molar-refractivity contribution in [3.8, 4) is 11.3 Å². The molecule has 1 aromatic carbocycles. The highest BCUT2D eigenvalue weighted by atomic mass is 16.3. The minimum absolute atomic E-state index is 0.173. The minimum atomic E-state index is -0.435. The summed E-state index contributed by atoms with van der Waals surface area (Å²) in [6, 6.07) is 12.7. The van der Waals surface area contributed by atoms with E-state index in [0.717, 1.165) is 24.4 Å². The average Bonchev–Trinajstić information content (AvgIpc) is 3.23. The standard InChI is InChI=1S/C18H17N3O/c22-18-14(7-9-20-8-3-6-15(18)20)17-13-5-2-1-4-12(13)16-10-19-11-21(16)17/h1-6,8,10-11,14,17-18,22H,7,9H2/t14-,17-,18-/m0/s1. The summed E-state index contributed by atoms with van der Waals surface area (Å²) in [6.45, 7) is 0.965. The van der Waals surface area contributed by atoms with Crippen molar-refractivity contribution in [1.29, 1.82) is 0 Å². The average molecular weight is 291 g/mol. The first-order chi connectivity index (χ1) is 10.8. The maximum Gasteiger partial charge on any atom is 0.0991 e. The number of aliphatic hydroxyl groups is 1. The van der Waals surface area contributed by atoms with Crippen molar-refractivity contribution in [3.63, 3.8) is 0 Å². The zero-order valence-electron chi connectivity index (χ0n) is 12.1. The number of benzene rings is 1. The van der Waals surface area contributed by atoms with E-state index in [9.17, 15) is 5.11 Å². The number of imidazole rings is 1. The zero-order chi connectivity index (χ0) is 14.7. The van der Waals surface area contributed by atoms with Crippen LogP contribution in [0.25, 0.3) is 11.3 Å². The molecule has 1 N–H and O–H groups in total. The fourth-order valence-corrected chi connectivity index (χ4v) is 4.21. The number of fused-ring (bicyclic) bond motifs is 4. The first kappa shape index (κ1) is 12.2. The lowest BCUT2D eigenvalue weighted by Crippen LogP contribution is -2.30. The topological polar surface area (TPSA) is 43.0 Å². The van der Waals surface area contributed by atoms with E-state index in [0.29, 0.717) is 0 Å². The monoisotopic (exact) mass is 291 g/mol. The molecule has 0 amide bonds.